The second-order valence-electron chi connectivity index (χ2n) is 6.39. The van der Waals surface area contributed by atoms with Crippen LogP contribution in [0.2, 0.25) is 0 Å². The van der Waals surface area contributed by atoms with Crippen molar-refractivity contribution in [2.45, 2.75) is 6.54 Å². The summed E-state index contributed by atoms with van der Waals surface area (Å²) in [6, 6.07) is 13.5. The molecule has 0 N–H and O–H groups in total. The molecule has 0 unspecified atom stereocenters. The number of allylic oxidation sites excluding steroid dienone is 1. The molecule has 2 aromatic carbocycles. The predicted molar refractivity (Wildman–Crippen MR) is 106 cm³/mol. The van der Waals surface area contributed by atoms with Crippen LogP contribution in [0.4, 0.5) is 4.39 Å². The number of para-hydroxylation sites is 2. The Morgan fingerprint density at radius 3 is 2.57 bits per heavy atom. The molecule has 3 aromatic heterocycles. The number of hydrogen-bond donors (Lipinski definition) is 0. The van der Waals surface area contributed by atoms with Gasteiger partial charge in [0.1, 0.15) is 23.0 Å². The van der Waals surface area contributed by atoms with Gasteiger partial charge in [0.25, 0.3) is 5.56 Å². The van der Waals surface area contributed by atoms with Crippen LogP contribution in [0.25, 0.3) is 38.9 Å². The first-order valence-electron chi connectivity index (χ1n) is 8.70. The second-order valence-corrected chi connectivity index (χ2v) is 6.39. The van der Waals surface area contributed by atoms with E-state index in [9.17, 15) is 9.18 Å². The highest BCUT2D eigenvalue weighted by molar-refractivity contribution is 6.05. The van der Waals surface area contributed by atoms with Gasteiger partial charge in [0, 0.05) is 6.54 Å². The van der Waals surface area contributed by atoms with Crippen molar-refractivity contribution >= 4 is 33.2 Å². The minimum atomic E-state index is -0.388. The van der Waals surface area contributed by atoms with Gasteiger partial charge in [0.05, 0.1) is 16.7 Å². The van der Waals surface area contributed by atoms with Gasteiger partial charge in [-0.05, 0) is 30.3 Å². The van der Waals surface area contributed by atoms with Crippen molar-refractivity contribution in [1.29, 1.82) is 0 Å². The molecule has 0 saturated heterocycles. The van der Waals surface area contributed by atoms with Gasteiger partial charge >= 0.3 is 0 Å². The molecule has 7 heteroatoms. The molecule has 3 heterocycles. The van der Waals surface area contributed by atoms with Gasteiger partial charge in [-0.1, -0.05) is 24.3 Å². The molecular weight excluding hydrogens is 357 g/mol. The zero-order valence-electron chi connectivity index (χ0n) is 14.7. The molecular formula is C21H14FN5O. The number of aromatic nitrogens is 5. The first-order chi connectivity index (χ1) is 13.7. The van der Waals surface area contributed by atoms with Crippen molar-refractivity contribution < 1.29 is 4.39 Å². The summed E-state index contributed by atoms with van der Waals surface area (Å²) in [5, 5.41) is 0.349. The zero-order chi connectivity index (χ0) is 19.3. The Balaban J connectivity index is 2.01. The summed E-state index contributed by atoms with van der Waals surface area (Å²) in [7, 11) is 0. The van der Waals surface area contributed by atoms with Gasteiger partial charge in [0.15, 0.2) is 11.3 Å². The maximum absolute atomic E-state index is 13.9. The normalized spacial score (nSPS) is 11.5. The molecule has 5 aromatic rings. The van der Waals surface area contributed by atoms with E-state index >= 15 is 0 Å². The van der Waals surface area contributed by atoms with Crippen LogP contribution in [0.15, 0.2) is 72.3 Å². The molecule has 0 fully saturated rings. The lowest BCUT2D eigenvalue weighted by molar-refractivity contribution is 0.627. The summed E-state index contributed by atoms with van der Waals surface area (Å²) in [5.74, 6) is -0.388. The summed E-state index contributed by atoms with van der Waals surface area (Å²) >= 11 is 0. The Kier molecular flexibility index (Phi) is 3.55. The lowest BCUT2D eigenvalue weighted by atomic mass is 10.3. The van der Waals surface area contributed by atoms with Gasteiger partial charge in [-0.25, -0.2) is 19.3 Å². The lowest BCUT2D eigenvalue weighted by Gasteiger charge is -2.07. The molecule has 136 valence electrons. The van der Waals surface area contributed by atoms with Crippen molar-refractivity contribution in [3.63, 3.8) is 0 Å². The number of hydrogen-bond acceptors (Lipinski definition) is 4. The average Bonchev–Trinajstić information content (AvgIpc) is 3.02. The summed E-state index contributed by atoms with van der Waals surface area (Å²) in [5.41, 5.74) is 2.93. The van der Waals surface area contributed by atoms with Crippen molar-refractivity contribution in [2.75, 3.05) is 0 Å². The fourth-order valence-corrected chi connectivity index (χ4v) is 3.40. The Morgan fingerprint density at radius 2 is 1.82 bits per heavy atom. The minimum absolute atomic E-state index is 0.241. The van der Waals surface area contributed by atoms with E-state index in [-0.39, 0.29) is 11.4 Å². The van der Waals surface area contributed by atoms with E-state index in [4.69, 9.17) is 4.98 Å². The topological polar surface area (TPSA) is 65.6 Å². The van der Waals surface area contributed by atoms with Crippen molar-refractivity contribution in [3.8, 4) is 5.69 Å². The highest BCUT2D eigenvalue weighted by Crippen LogP contribution is 2.28. The number of benzene rings is 2. The highest BCUT2D eigenvalue weighted by Gasteiger charge is 2.20. The number of nitrogens with zero attached hydrogens (tertiary/aromatic N) is 5. The maximum Gasteiger partial charge on any atom is 0.265 e. The monoisotopic (exact) mass is 371 g/mol. The molecule has 0 aliphatic carbocycles. The standard InChI is InChI=1S/C21H14FN5O/c1-2-10-26-12-23-19-17(21(26)28)18-20(25-16-9-4-3-8-15(16)24-18)27(19)14-7-5-6-13(22)11-14/h2-9,11-12H,1,10H2. The third-order valence-electron chi connectivity index (χ3n) is 4.62. The molecule has 0 aliphatic rings. The van der Waals surface area contributed by atoms with Crippen LogP contribution in [0, 0.1) is 5.82 Å². The first-order valence-corrected chi connectivity index (χ1v) is 8.70. The molecule has 0 radical (unpaired) electrons. The quantitative estimate of drug-likeness (QED) is 0.455. The smallest absolute Gasteiger partial charge is 0.265 e. The number of fused-ring (bicyclic) bond motifs is 4. The van der Waals surface area contributed by atoms with Crippen LogP contribution >= 0.6 is 0 Å². The minimum Gasteiger partial charge on any atom is -0.295 e. The fourth-order valence-electron chi connectivity index (χ4n) is 3.40. The van der Waals surface area contributed by atoms with E-state index in [1.54, 1.807) is 22.8 Å². The zero-order valence-corrected chi connectivity index (χ0v) is 14.7. The van der Waals surface area contributed by atoms with Crippen LogP contribution < -0.4 is 5.56 Å². The van der Waals surface area contributed by atoms with Crippen molar-refractivity contribution in [2.24, 2.45) is 0 Å². The van der Waals surface area contributed by atoms with Crippen molar-refractivity contribution in [1.82, 2.24) is 24.1 Å². The molecule has 0 saturated carbocycles. The highest BCUT2D eigenvalue weighted by atomic mass is 19.1. The summed E-state index contributed by atoms with van der Waals surface area (Å²) in [6.07, 6.45) is 3.09. The molecule has 28 heavy (non-hydrogen) atoms. The van der Waals surface area contributed by atoms with Gasteiger partial charge in [-0.2, -0.15) is 0 Å². The number of halogens is 1. The summed E-state index contributed by atoms with van der Waals surface area (Å²) in [6.45, 7) is 4.01. The lowest BCUT2D eigenvalue weighted by Crippen LogP contribution is -2.20. The summed E-state index contributed by atoms with van der Waals surface area (Å²) < 4.78 is 17.0. The van der Waals surface area contributed by atoms with E-state index < -0.39 is 0 Å². The van der Waals surface area contributed by atoms with E-state index in [1.165, 1.54) is 23.0 Å². The second kappa shape index (κ2) is 6.09. The van der Waals surface area contributed by atoms with Gasteiger partial charge in [-0.3, -0.25) is 13.9 Å². The third kappa shape index (κ3) is 2.33. The Morgan fingerprint density at radius 1 is 1.04 bits per heavy atom. The average molecular weight is 371 g/mol. The molecule has 5 rings (SSSR count). The van der Waals surface area contributed by atoms with E-state index in [0.717, 1.165) is 0 Å². The molecule has 0 aliphatic heterocycles. The summed E-state index contributed by atoms with van der Waals surface area (Å²) in [4.78, 5) is 27.0. The van der Waals surface area contributed by atoms with E-state index in [1.807, 2.05) is 24.3 Å². The van der Waals surface area contributed by atoms with Gasteiger partial charge < -0.3 is 0 Å². The molecule has 0 atom stereocenters. The SMILES string of the molecule is C=CCn1cnc2c(c1=O)c1nc3ccccc3nc1n2-c1cccc(F)c1. The third-order valence-corrected chi connectivity index (χ3v) is 4.62. The van der Waals surface area contributed by atoms with E-state index in [0.29, 0.717) is 45.5 Å². The molecule has 6 nitrogen and oxygen atoms in total. The van der Waals surface area contributed by atoms with Crippen LogP contribution in [0.3, 0.4) is 0 Å². The van der Waals surface area contributed by atoms with Crippen LogP contribution in [0.1, 0.15) is 0 Å². The number of rotatable bonds is 3. The Labute approximate surface area is 158 Å². The van der Waals surface area contributed by atoms with Crippen molar-refractivity contribution in [3.05, 3.63) is 83.7 Å². The first kappa shape index (κ1) is 16.3. The maximum atomic E-state index is 13.9. The van der Waals surface area contributed by atoms with Gasteiger partial charge in [-0.15, -0.1) is 6.58 Å². The fraction of sp³-hybridized carbons (Fsp3) is 0.0476. The predicted octanol–water partition coefficient (Wildman–Crippen LogP) is 3.61. The molecule has 0 amide bonds. The van der Waals surface area contributed by atoms with E-state index in [2.05, 4.69) is 16.5 Å². The molecule has 0 spiro atoms. The van der Waals surface area contributed by atoms with Crippen LogP contribution in [0.5, 0.6) is 0 Å². The largest absolute Gasteiger partial charge is 0.295 e. The van der Waals surface area contributed by atoms with Crippen LogP contribution in [-0.2, 0) is 6.54 Å². The Bertz CT molecular complexity index is 1450. The molecule has 0 bridgehead atoms. The van der Waals surface area contributed by atoms with Crippen LogP contribution in [-0.4, -0.2) is 24.1 Å². The van der Waals surface area contributed by atoms with Gasteiger partial charge in [0.2, 0.25) is 0 Å². The Hall–Kier alpha value is -3.87.